The number of thiazole rings is 1. The summed E-state index contributed by atoms with van der Waals surface area (Å²) in [6.45, 7) is 9.42. The molecule has 0 bridgehead atoms. The number of likely N-dealkylation sites (N-methyl/N-ethyl adjacent to an activating group) is 1. The summed E-state index contributed by atoms with van der Waals surface area (Å²) >= 11 is 3.09. The minimum atomic E-state index is -0.0902. The first-order chi connectivity index (χ1) is 19.7. The predicted octanol–water partition coefficient (Wildman–Crippen LogP) is 3.56. The average Bonchev–Trinajstić information content (AvgIpc) is 3.63. The van der Waals surface area contributed by atoms with Crippen LogP contribution >= 0.6 is 23.1 Å². The van der Waals surface area contributed by atoms with Crippen molar-refractivity contribution in [2.45, 2.75) is 42.3 Å². The van der Waals surface area contributed by atoms with Crippen molar-refractivity contribution in [2.75, 3.05) is 63.6 Å². The number of piperazine rings is 1. The average molecular weight is 597 g/mol. The van der Waals surface area contributed by atoms with Crippen LogP contribution in [0.2, 0.25) is 0 Å². The summed E-state index contributed by atoms with van der Waals surface area (Å²) < 4.78 is 6.56. The highest BCUT2D eigenvalue weighted by Crippen LogP contribution is 2.39. The van der Waals surface area contributed by atoms with E-state index in [-0.39, 0.29) is 11.8 Å². The molecule has 2 aromatic heterocycles. The monoisotopic (exact) mass is 596 g/mol. The summed E-state index contributed by atoms with van der Waals surface area (Å²) in [4.78, 5) is 45.7. The van der Waals surface area contributed by atoms with Gasteiger partial charge in [0.05, 0.1) is 23.1 Å². The molecule has 41 heavy (non-hydrogen) atoms. The van der Waals surface area contributed by atoms with Crippen molar-refractivity contribution in [1.82, 2.24) is 30.1 Å². The third kappa shape index (κ3) is 6.74. The number of benzene rings is 1. The SMILES string of the molecule is CNC1CCN(c2cc(Nc3ncc(Sc4cc(C(=O)N5CCN(C(C)=O)CC5)c(OC)cc4C)s3)nc(C)n2)C1. The zero-order valence-corrected chi connectivity index (χ0v) is 25.7. The van der Waals surface area contributed by atoms with Gasteiger partial charge in [-0.3, -0.25) is 9.59 Å². The van der Waals surface area contributed by atoms with Crippen LogP contribution in [0.5, 0.6) is 5.75 Å². The van der Waals surface area contributed by atoms with E-state index < -0.39 is 0 Å². The van der Waals surface area contributed by atoms with E-state index in [9.17, 15) is 9.59 Å². The number of carbonyl (C=O) groups excluding carboxylic acids is 2. The van der Waals surface area contributed by atoms with E-state index in [2.05, 4.69) is 30.5 Å². The molecule has 218 valence electrons. The number of anilines is 3. The van der Waals surface area contributed by atoms with Crippen molar-refractivity contribution in [1.29, 1.82) is 0 Å². The fourth-order valence-electron chi connectivity index (χ4n) is 5.07. The third-order valence-corrected chi connectivity index (χ3v) is 9.59. The van der Waals surface area contributed by atoms with Crippen LogP contribution < -0.4 is 20.3 Å². The quantitative estimate of drug-likeness (QED) is 0.400. The molecular weight excluding hydrogens is 560 g/mol. The minimum absolute atomic E-state index is 0.0339. The van der Waals surface area contributed by atoms with Crippen molar-refractivity contribution >= 4 is 51.7 Å². The van der Waals surface area contributed by atoms with E-state index in [1.807, 2.05) is 45.3 Å². The second-order valence-electron chi connectivity index (χ2n) is 10.2. The largest absolute Gasteiger partial charge is 0.496 e. The molecule has 2 saturated heterocycles. The number of rotatable bonds is 8. The molecule has 0 aliphatic carbocycles. The molecule has 1 aromatic carbocycles. The maximum Gasteiger partial charge on any atom is 0.257 e. The van der Waals surface area contributed by atoms with Gasteiger partial charge in [0, 0.05) is 63.2 Å². The summed E-state index contributed by atoms with van der Waals surface area (Å²) in [5.74, 6) is 2.82. The molecule has 2 aliphatic rings. The molecule has 3 aromatic rings. The number of ether oxygens (including phenoxy) is 1. The maximum absolute atomic E-state index is 13.5. The Hall–Kier alpha value is -3.42. The van der Waals surface area contributed by atoms with Crippen molar-refractivity contribution in [2.24, 2.45) is 0 Å². The lowest BCUT2D eigenvalue weighted by atomic mass is 10.1. The zero-order chi connectivity index (χ0) is 29.1. The lowest BCUT2D eigenvalue weighted by molar-refractivity contribution is -0.130. The van der Waals surface area contributed by atoms with Gasteiger partial charge in [0.2, 0.25) is 5.91 Å². The number of aromatic nitrogens is 3. The van der Waals surface area contributed by atoms with E-state index in [1.165, 1.54) is 11.3 Å². The third-order valence-electron chi connectivity index (χ3n) is 7.41. The first-order valence-electron chi connectivity index (χ1n) is 13.7. The van der Waals surface area contributed by atoms with Gasteiger partial charge in [0.1, 0.15) is 23.2 Å². The Morgan fingerprint density at radius 2 is 1.83 bits per heavy atom. The Labute approximate surface area is 248 Å². The number of nitrogens with one attached hydrogen (secondary N) is 2. The first-order valence-corrected chi connectivity index (χ1v) is 15.3. The van der Waals surface area contributed by atoms with Crippen molar-refractivity contribution < 1.29 is 14.3 Å². The molecule has 1 unspecified atom stereocenters. The molecule has 2 N–H and O–H groups in total. The van der Waals surface area contributed by atoms with E-state index in [1.54, 1.807) is 35.6 Å². The lowest BCUT2D eigenvalue weighted by Crippen LogP contribution is -2.50. The molecular formula is C28H36N8O3S2. The van der Waals surface area contributed by atoms with Gasteiger partial charge in [0.15, 0.2) is 5.13 Å². The van der Waals surface area contributed by atoms with Gasteiger partial charge in [-0.05, 0) is 45.0 Å². The van der Waals surface area contributed by atoms with Gasteiger partial charge in [-0.25, -0.2) is 15.0 Å². The fourth-order valence-corrected chi connectivity index (χ4v) is 7.02. The Kier molecular flexibility index (Phi) is 8.95. The number of hydrogen-bond acceptors (Lipinski definition) is 11. The van der Waals surface area contributed by atoms with Gasteiger partial charge >= 0.3 is 0 Å². The molecule has 2 fully saturated rings. The molecule has 1 atom stereocenters. The summed E-state index contributed by atoms with van der Waals surface area (Å²) in [7, 11) is 3.57. The van der Waals surface area contributed by atoms with Gasteiger partial charge in [-0.15, -0.1) is 0 Å². The second kappa shape index (κ2) is 12.6. The minimum Gasteiger partial charge on any atom is -0.496 e. The lowest BCUT2D eigenvalue weighted by Gasteiger charge is -2.34. The standard InChI is InChI=1S/C28H36N8O3S2/c1-17-12-22(39-5)21(27(38)35-10-8-34(9-11-35)19(3)37)13-23(17)40-26-15-30-28(41-26)33-24-14-25(32-18(2)31-24)36-7-6-20(16-36)29-4/h12-15,20,29H,6-11,16H2,1-5H3,(H,30,31,32,33). The van der Waals surface area contributed by atoms with Gasteiger partial charge in [-0.1, -0.05) is 23.1 Å². The summed E-state index contributed by atoms with van der Waals surface area (Å²) in [5, 5.41) is 7.43. The first kappa shape index (κ1) is 29.1. The highest BCUT2D eigenvalue weighted by molar-refractivity contribution is 8.01. The zero-order valence-electron chi connectivity index (χ0n) is 24.1. The molecule has 2 aliphatic heterocycles. The van der Waals surface area contributed by atoms with Crippen molar-refractivity contribution in [3.05, 3.63) is 41.3 Å². The van der Waals surface area contributed by atoms with Crippen LogP contribution in [0.25, 0.3) is 0 Å². The number of nitrogens with zero attached hydrogens (tertiary/aromatic N) is 6. The fraction of sp³-hybridized carbons (Fsp3) is 0.464. The van der Waals surface area contributed by atoms with Crippen molar-refractivity contribution in [3.63, 3.8) is 0 Å². The van der Waals surface area contributed by atoms with E-state index in [4.69, 9.17) is 4.74 Å². The number of amides is 2. The number of carbonyl (C=O) groups is 2. The molecule has 11 nitrogen and oxygen atoms in total. The van der Waals surface area contributed by atoms with Crippen LogP contribution in [0.15, 0.2) is 33.5 Å². The maximum atomic E-state index is 13.5. The van der Waals surface area contributed by atoms with E-state index in [0.717, 1.165) is 45.1 Å². The van der Waals surface area contributed by atoms with E-state index in [0.29, 0.717) is 55.2 Å². The number of aryl methyl sites for hydroxylation is 2. The second-order valence-corrected chi connectivity index (χ2v) is 12.6. The Balaban J connectivity index is 1.29. The number of hydrogen-bond donors (Lipinski definition) is 2. The predicted molar refractivity (Wildman–Crippen MR) is 162 cm³/mol. The summed E-state index contributed by atoms with van der Waals surface area (Å²) in [6, 6.07) is 6.25. The van der Waals surface area contributed by atoms with Crippen molar-refractivity contribution in [3.8, 4) is 5.75 Å². The Morgan fingerprint density at radius 3 is 2.51 bits per heavy atom. The molecule has 13 heteroatoms. The van der Waals surface area contributed by atoms with Crippen LogP contribution in [-0.4, -0.2) is 96.0 Å². The normalized spacial score (nSPS) is 17.2. The topological polar surface area (TPSA) is 116 Å². The van der Waals surface area contributed by atoms with E-state index >= 15 is 0 Å². The summed E-state index contributed by atoms with van der Waals surface area (Å²) in [5.41, 5.74) is 1.53. The Bertz CT molecular complexity index is 1420. The van der Waals surface area contributed by atoms with Gasteiger partial charge in [0.25, 0.3) is 5.91 Å². The van der Waals surface area contributed by atoms with Crippen LogP contribution in [0.1, 0.15) is 35.1 Å². The summed E-state index contributed by atoms with van der Waals surface area (Å²) in [6.07, 6.45) is 2.92. The van der Waals surface area contributed by atoms with Crippen LogP contribution in [0.3, 0.4) is 0 Å². The van der Waals surface area contributed by atoms with Crippen LogP contribution in [0, 0.1) is 13.8 Å². The van der Waals surface area contributed by atoms with Crippen LogP contribution in [-0.2, 0) is 4.79 Å². The van der Waals surface area contributed by atoms with Gasteiger partial charge < -0.3 is 30.1 Å². The highest BCUT2D eigenvalue weighted by Gasteiger charge is 2.26. The molecule has 4 heterocycles. The molecule has 0 saturated carbocycles. The molecule has 2 amide bonds. The molecule has 0 spiro atoms. The number of methoxy groups -OCH3 is 1. The smallest absolute Gasteiger partial charge is 0.257 e. The Morgan fingerprint density at radius 1 is 1.07 bits per heavy atom. The van der Waals surface area contributed by atoms with Crippen LogP contribution in [0.4, 0.5) is 16.8 Å². The highest BCUT2D eigenvalue weighted by atomic mass is 32.2. The molecule has 5 rings (SSSR count). The van der Waals surface area contributed by atoms with Gasteiger partial charge in [-0.2, -0.15) is 0 Å². The molecule has 0 radical (unpaired) electrons.